The molecule has 0 spiro atoms. The van der Waals surface area contributed by atoms with E-state index in [1.54, 1.807) is 6.33 Å². The Balaban J connectivity index is 1.40. The molecule has 0 atom stereocenters. The number of morpholine rings is 1. The standard InChI is InChI=1S/C19H22N4O/c1(5-22-8-10-24-11-9-22)6-23-7-4-17(14-23)16-2-3-19-18(12-16)13-20-15-21-19/h2-4,7,12-15H,1,5-6,8-11H2. The lowest BCUT2D eigenvalue weighted by atomic mass is 10.1. The highest BCUT2D eigenvalue weighted by Crippen LogP contribution is 2.23. The van der Waals surface area contributed by atoms with Crippen LogP contribution in [0.4, 0.5) is 0 Å². The van der Waals surface area contributed by atoms with Crippen LogP contribution >= 0.6 is 0 Å². The number of hydrogen-bond acceptors (Lipinski definition) is 4. The van der Waals surface area contributed by atoms with E-state index in [0.717, 1.165) is 50.3 Å². The van der Waals surface area contributed by atoms with E-state index in [1.807, 2.05) is 6.20 Å². The van der Waals surface area contributed by atoms with Crippen molar-refractivity contribution in [3.8, 4) is 11.1 Å². The molecule has 1 aromatic carbocycles. The van der Waals surface area contributed by atoms with Gasteiger partial charge in [-0.1, -0.05) is 6.07 Å². The lowest BCUT2D eigenvalue weighted by Gasteiger charge is -2.26. The van der Waals surface area contributed by atoms with Crippen LogP contribution in [0.1, 0.15) is 6.42 Å². The third-order valence-electron chi connectivity index (χ3n) is 4.58. The van der Waals surface area contributed by atoms with Gasteiger partial charge in [0.05, 0.1) is 18.7 Å². The van der Waals surface area contributed by atoms with E-state index in [2.05, 4.69) is 56.1 Å². The second-order valence-electron chi connectivity index (χ2n) is 6.24. The second kappa shape index (κ2) is 7.11. The summed E-state index contributed by atoms with van der Waals surface area (Å²) in [5.41, 5.74) is 3.44. The summed E-state index contributed by atoms with van der Waals surface area (Å²) < 4.78 is 7.67. The first kappa shape index (κ1) is 15.3. The van der Waals surface area contributed by atoms with E-state index < -0.39 is 0 Å². The molecule has 1 aliphatic heterocycles. The van der Waals surface area contributed by atoms with Crippen LogP contribution in [-0.2, 0) is 11.3 Å². The largest absolute Gasteiger partial charge is 0.379 e. The molecule has 124 valence electrons. The molecule has 1 fully saturated rings. The third-order valence-corrected chi connectivity index (χ3v) is 4.58. The zero-order chi connectivity index (χ0) is 16.2. The maximum Gasteiger partial charge on any atom is 0.116 e. The Labute approximate surface area is 141 Å². The van der Waals surface area contributed by atoms with Crippen molar-refractivity contribution in [1.82, 2.24) is 19.4 Å². The van der Waals surface area contributed by atoms with Crippen molar-refractivity contribution in [3.05, 3.63) is 49.2 Å². The normalized spacial score (nSPS) is 15.8. The van der Waals surface area contributed by atoms with Gasteiger partial charge in [-0.2, -0.15) is 0 Å². The minimum absolute atomic E-state index is 0.874. The number of nitrogens with zero attached hydrogens (tertiary/aromatic N) is 4. The zero-order valence-corrected chi connectivity index (χ0v) is 13.8. The zero-order valence-electron chi connectivity index (χ0n) is 13.8. The van der Waals surface area contributed by atoms with Gasteiger partial charge in [0.15, 0.2) is 0 Å². The minimum Gasteiger partial charge on any atom is -0.379 e. The van der Waals surface area contributed by atoms with Gasteiger partial charge in [-0.15, -0.1) is 0 Å². The summed E-state index contributed by atoms with van der Waals surface area (Å²) in [5.74, 6) is 0. The number of hydrogen-bond donors (Lipinski definition) is 0. The van der Waals surface area contributed by atoms with Crippen LogP contribution in [0, 0.1) is 0 Å². The van der Waals surface area contributed by atoms with Crippen LogP contribution in [0.15, 0.2) is 49.2 Å². The second-order valence-corrected chi connectivity index (χ2v) is 6.24. The molecule has 5 heteroatoms. The Kier molecular flexibility index (Phi) is 4.53. The van der Waals surface area contributed by atoms with Gasteiger partial charge < -0.3 is 9.30 Å². The van der Waals surface area contributed by atoms with Gasteiger partial charge >= 0.3 is 0 Å². The Morgan fingerprint density at radius 2 is 1.96 bits per heavy atom. The van der Waals surface area contributed by atoms with Crippen molar-refractivity contribution in [3.63, 3.8) is 0 Å². The Bertz CT molecular complexity index is 808. The van der Waals surface area contributed by atoms with Crippen LogP contribution in [-0.4, -0.2) is 52.3 Å². The third kappa shape index (κ3) is 3.47. The van der Waals surface area contributed by atoms with E-state index in [4.69, 9.17) is 4.74 Å². The number of aryl methyl sites for hydroxylation is 1. The molecule has 0 amide bonds. The molecule has 4 rings (SSSR count). The Hall–Kier alpha value is -2.24. The molecular weight excluding hydrogens is 300 g/mol. The van der Waals surface area contributed by atoms with Gasteiger partial charge in [0, 0.05) is 50.2 Å². The topological polar surface area (TPSA) is 43.2 Å². The molecule has 0 aliphatic carbocycles. The van der Waals surface area contributed by atoms with Crippen LogP contribution < -0.4 is 0 Å². The summed E-state index contributed by atoms with van der Waals surface area (Å²) in [4.78, 5) is 10.9. The van der Waals surface area contributed by atoms with Crippen molar-refractivity contribution >= 4 is 10.9 Å². The monoisotopic (exact) mass is 322 g/mol. The van der Waals surface area contributed by atoms with Crippen LogP contribution in [0.3, 0.4) is 0 Å². The maximum atomic E-state index is 5.39. The fourth-order valence-electron chi connectivity index (χ4n) is 3.22. The van der Waals surface area contributed by atoms with Crippen molar-refractivity contribution < 1.29 is 4.74 Å². The van der Waals surface area contributed by atoms with Crippen LogP contribution in [0.25, 0.3) is 22.0 Å². The van der Waals surface area contributed by atoms with E-state index in [1.165, 1.54) is 17.5 Å². The number of aromatic nitrogens is 3. The van der Waals surface area contributed by atoms with Gasteiger partial charge in [0.25, 0.3) is 0 Å². The smallest absolute Gasteiger partial charge is 0.116 e. The first-order valence-electron chi connectivity index (χ1n) is 8.54. The van der Waals surface area contributed by atoms with Crippen molar-refractivity contribution in [2.75, 3.05) is 32.8 Å². The summed E-state index contributed by atoms with van der Waals surface area (Å²) in [5, 5.41) is 1.08. The Morgan fingerprint density at radius 3 is 2.88 bits per heavy atom. The molecule has 0 saturated carbocycles. The molecule has 0 unspecified atom stereocenters. The molecule has 3 heterocycles. The van der Waals surface area contributed by atoms with E-state index in [-0.39, 0.29) is 0 Å². The summed E-state index contributed by atoms with van der Waals surface area (Å²) >= 11 is 0. The fourth-order valence-corrected chi connectivity index (χ4v) is 3.22. The van der Waals surface area contributed by atoms with Crippen LogP contribution in [0.2, 0.25) is 0 Å². The molecule has 0 radical (unpaired) electrons. The van der Waals surface area contributed by atoms with Crippen molar-refractivity contribution in [2.45, 2.75) is 13.0 Å². The first-order valence-corrected chi connectivity index (χ1v) is 8.54. The molecular formula is C19H22N4O. The molecule has 0 N–H and O–H groups in total. The van der Waals surface area contributed by atoms with Crippen molar-refractivity contribution in [2.24, 2.45) is 0 Å². The summed E-state index contributed by atoms with van der Waals surface area (Å²) in [6, 6.07) is 8.52. The number of benzene rings is 1. The molecule has 2 aromatic heterocycles. The minimum atomic E-state index is 0.874. The summed E-state index contributed by atoms with van der Waals surface area (Å²) in [7, 11) is 0. The number of rotatable bonds is 5. The quantitative estimate of drug-likeness (QED) is 0.724. The van der Waals surface area contributed by atoms with Crippen molar-refractivity contribution in [1.29, 1.82) is 0 Å². The van der Waals surface area contributed by atoms with Gasteiger partial charge in [0.2, 0.25) is 0 Å². The highest BCUT2D eigenvalue weighted by molar-refractivity contribution is 5.83. The molecule has 3 aromatic rings. The summed E-state index contributed by atoms with van der Waals surface area (Å²) in [6.45, 7) is 6.07. The predicted octanol–water partition coefficient (Wildman–Crippen LogP) is 2.82. The molecule has 1 aliphatic rings. The summed E-state index contributed by atoms with van der Waals surface area (Å²) in [6.07, 6.45) is 9.02. The lowest BCUT2D eigenvalue weighted by molar-refractivity contribution is 0.0369. The van der Waals surface area contributed by atoms with Gasteiger partial charge in [-0.3, -0.25) is 4.90 Å². The van der Waals surface area contributed by atoms with E-state index in [0.29, 0.717) is 0 Å². The maximum absolute atomic E-state index is 5.39. The van der Waals surface area contributed by atoms with E-state index >= 15 is 0 Å². The van der Waals surface area contributed by atoms with Gasteiger partial charge in [-0.05, 0) is 35.7 Å². The average molecular weight is 322 g/mol. The average Bonchev–Trinajstić information content (AvgIpc) is 3.11. The SMILES string of the molecule is c1ncc2cc(-c3ccn(CCCN4CCOCC4)c3)ccc2n1. The first-order chi connectivity index (χ1) is 11.9. The van der Waals surface area contributed by atoms with Gasteiger partial charge in [-0.25, -0.2) is 9.97 Å². The highest BCUT2D eigenvalue weighted by Gasteiger charge is 2.09. The molecule has 5 nitrogen and oxygen atoms in total. The van der Waals surface area contributed by atoms with E-state index in [9.17, 15) is 0 Å². The molecule has 1 saturated heterocycles. The predicted molar refractivity (Wildman–Crippen MR) is 94.8 cm³/mol. The fraction of sp³-hybridized carbons (Fsp3) is 0.368. The number of ether oxygens (including phenoxy) is 1. The lowest BCUT2D eigenvalue weighted by Crippen LogP contribution is -2.37. The Morgan fingerprint density at radius 1 is 1.04 bits per heavy atom. The highest BCUT2D eigenvalue weighted by atomic mass is 16.5. The van der Waals surface area contributed by atoms with Crippen LogP contribution in [0.5, 0.6) is 0 Å². The number of fused-ring (bicyclic) bond motifs is 1. The molecule has 0 bridgehead atoms. The molecule has 24 heavy (non-hydrogen) atoms. The van der Waals surface area contributed by atoms with Gasteiger partial charge in [0.1, 0.15) is 6.33 Å².